The van der Waals surface area contributed by atoms with Crippen molar-refractivity contribution in [1.82, 2.24) is 20.2 Å². The summed E-state index contributed by atoms with van der Waals surface area (Å²) in [6, 6.07) is 9.87. The lowest BCUT2D eigenvalue weighted by atomic mass is 9.95. The summed E-state index contributed by atoms with van der Waals surface area (Å²) >= 11 is 0. The summed E-state index contributed by atoms with van der Waals surface area (Å²) < 4.78 is 29.8. The highest BCUT2D eigenvalue weighted by Gasteiger charge is 2.21. The number of alkyl halides is 2. The van der Waals surface area contributed by atoms with Gasteiger partial charge in [-0.3, -0.25) is 0 Å². The van der Waals surface area contributed by atoms with Gasteiger partial charge in [-0.1, -0.05) is 30.3 Å². The van der Waals surface area contributed by atoms with E-state index in [1.165, 1.54) is 12.4 Å². The van der Waals surface area contributed by atoms with E-state index in [-0.39, 0.29) is 11.4 Å². The molecule has 0 atom stereocenters. The largest absolute Gasteiger partial charge is 0.415 e. The number of hydrogen-bond acceptors (Lipinski definition) is 6. The molecule has 0 saturated heterocycles. The second kappa shape index (κ2) is 6.31. The quantitative estimate of drug-likeness (QED) is 0.766. The van der Waals surface area contributed by atoms with Crippen molar-refractivity contribution < 1.29 is 13.2 Å². The average molecular weight is 331 g/mol. The van der Waals surface area contributed by atoms with Crippen LogP contribution >= 0.6 is 0 Å². The van der Waals surface area contributed by atoms with Crippen LogP contribution < -0.4 is 5.32 Å². The van der Waals surface area contributed by atoms with E-state index in [0.717, 1.165) is 5.56 Å². The van der Waals surface area contributed by atoms with Gasteiger partial charge in [-0.25, -0.2) is 9.97 Å². The summed E-state index contributed by atoms with van der Waals surface area (Å²) in [5.41, 5.74) is 1.07. The summed E-state index contributed by atoms with van der Waals surface area (Å²) in [6.07, 6.45) is 0.0815. The fourth-order valence-corrected chi connectivity index (χ4v) is 2.15. The van der Waals surface area contributed by atoms with Crippen LogP contribution in [0.15, 0.2) is 47.1 Å². The van der Waals surface area contributed by atoms with E-state index < -0.39 is 12.3 Å². The first-order valence-electron chi connectivity index (χ1n) is 7.23. The highest BCUT2D eigenvalue weighted by atomic mass is 19.3. The predicted octanol–water partition coefficient (Wildman–Crippen LogP) is 3.81. The summed E-state index contributed by atoms with van der Waals surface area (Å²) in [7, 11) is 0. The van der Waals surface area contributed by atoms with Crippen LogP contribution in [0.3, 0.4) is 0 Å². The Kier molecular flexibility index (Phi) is 4.20. The Balaban J connectivity index is 1.77. The number of nitrogens with zero attached hydrogens (tertiary/aromatic N) is 4. The highest BCUT2D eigenvalue weighted by Crippen LogP contribution is 2.25. The van der Waals surface area contributed by atoms with Crippen LogP contribution in [-0.4, -0.2) is 20.2 Å². The van der Waals surface area contributed by atoms with Crippen LogP contribution in [0, 0.1) is 0 Å². The molecule has 0 spiro atoms. The molecule has 0 bridgehead atoms. The van der Waals surface area contributed by atoms with E-state index in [4.69, 9.17) is 4.42 Å². The zero-order chi connectivity index (χ0) is 17.2. The SMILES string of the molecule is CC(C)(Nc1ncc(-c2nnc(C(F)F)o2)cn1)c1ccccc1. The third-order valence-corrected chi connectivity index (χ3v) is 3.45. The molecular weight excluding hydrogens is 316 g/mol. The number of rotatable bonds is 5. The molecule has 24 heavy (non-hydrogen) atoms. The van der Waals surface area contributed by atoms with Gasteiger partial charge in [-0.05, 0) is 19.4 Å². The van der Waals surface area contributed by atoms with Gasteiger partial charge in [0.25, 0.3) is 11.8 Å². The normalized spacial score (nSPS) is 11.7. The Morgan fingerprint density at radius 3 is 2.29 bits per heavy atom. The van der Waals surface area contributed by atoms with Gasteiger partial charge in [-0.2, -0.15) is 8.78 Å². The third-order valence-electron chi connectivity index (χ3n) is 3.45. The summed E-state index contributed by atoms with van der Waals surface area (Å²) in [6.45, 7) is 4.01. The maximum Gasteiger partial charge on any atom is 0.314 e. The summed E-state index contributed by atoms with van der Waals surface area (Å²) in [4.78, 5) is 8.36. The van der Waals surface area contributed by atoms with Gasteiger partial charge in [0, 0.05) is 12.4 Å². The number of benzene rings is 1. The van der Waals surface area contributed by atoms with Crippen LogP contribution in [0.2, 0.25) is 0 Å². The van der Waals surface area contributed by atoms with E-state index in [0.29, 0.717) is 11.5 Å². The molecule has 3 aromatic rings. The lowest BCUT2D eigenvalue weighted by Crippen LogP contribution is -2.28. The monoisotopic (exact) mass is 331 g/mol. The molecule has 0 amide bonds. The van der Waals surface area contributed by atoms with Crippen molar-refractivity contribution in [2.24, 2.45) is 0 Å². The van der Waals surface area contributed by atoms with E-state index in [2.05, 4.69) is 25.5 Å². The first-order chi connectivity index (χ1) is 11.5. The predicted molar refractivity (Wildman–Crippen MR) is 83.4 cm³/mol. The van der Waals surface area contributed by atoms with E-state index in [1.807, 2.05) is 44.2 Å². The van der Waals surface area contributed by atoms with Gasteiger partial charge >= 0.3 is 6.43 Å². The molecule has 3 rings (SSSR count). The highest BCUT2D eigenvalue weighted by molar-refractivity contribution is 5.50. The van der Waals surface area contributed by atoms with Gasteiger partial charge in [0.05, 0.1) is 11.1 Å². The third kappa shape index (κ3) is 3.37. The molecule has 0 aliphatic rings. The molecular formula is C16H15F2N5O. The molecule has 8 heteroatoms. The minimum atomic E-state index is -2.81. The first kappa shape index (κ1) is 16.0. The minimum absolute atomic E-state index is 0.0424. The van der Waals surface area contributed by atoms with Crippen LogP contribution in [0.4, 0.5) is 14.7 Å². The van der Waals surface area contributed by atoms with Crippen molar-refractivity contribution in [3.8, 4) is 11.5 Å². The number of nitrogens with one attached hydrogen (secondary N) is 1. The molecule has 0 radical (unpaired) electrons. The second-order valence-corrected chi connectivity index (χ2v) is 5.66. The van der Waals surface area contributed by atoms with Crippen molar-refractivity contribution in [3.63, 3.8) is 0 Å². The Morgan fingerprint density at radius 2 is 1.71 bits per heavy atom. The minimum Gasteiger partial charge on any atom is -0.415 e. The maximum absolute atomic E-state index is 12.5. The number of aromatic nitrogens is 4. The Bertz CT molecular complexity index is 803. The molecule has 0 aliphatic carbocycles. The summed E-state index contributed by atoms with van der Waals surface area (Å²) in [5, 5.41) is 10.1. The standard InChI is InChI=1S/C16H15F2N5O/c1-16(2,11-6-4-3-5-7-11)21-15-19-8-10(9-20-15)13-22-23-14(24-13)12(17)18/h3-9,12H,1-2H3,(H,19,20,21). The lowest BCUT2D eigenvalue weighted by Gasteiger charge is -2.26. The van der Waals surface area contributed by atoms with E-state index in [1.54, 1.807) is 0 Å². The zero-order valence-corrected chi connectivity index (χ0v) is 13.1. The van der Waals surface area contributed by atoms with Gasteiger partial charge in [-0.15, -0.1) is 10.2 Å². The van der Waals surface area contributed by atoms with Crippen LogP contribution in [0.25, 0.3) is 11.5 Å². The van der Waals surface area contributed by atoms with E-state index in [9.17, 15) is 8.78 Å². The summed E-state index contributed by atoms with van der Waals surface area (Å²) in [5.74, 6) is -0.363. The average Bonchev–Trinajstić information content (AvgIpc) is 3.06. The van der Waals surface area contributed by atoms with Crippen LogP contribution in [-0.2, 0) is 5.54 Å². The topological polar surface area (TPSA) is 76.7 Å². The van der Waals surface area contributed by atoms with Gasteiger partial charge in [0.2, 0.25) is 5.95 Å². The molecule has 1 N–H and O–H groups in total. The fraction of sp³-hybridized carbons (Fsp3) is 0.250. The molecule has 1 aromatic carbocycles. The molecule has 2 aromatic heterocycles. The molecule has 0 fully saturated rings. The number of hydrogen-bond donors (Lipinski definition) is 1. The van der Waals surface area contributed by atoms with Crippen LogP contribution in [0.5, 0.6) is 0 Å². The maximum atomic E-state index is 12.5. The fourth-order valence-electron chi connectivity index (χ4n) is 2.15. The first-order valence-corrected chi connectivity index (χ1v) is 7.23. The van der Waals surface area contributed by atoms with Crippen molar-refractivity contribution in [2.75, 3.05) is 5.32 Å². The van der Waals surface area contributed by atoms with Gasteiger partial charge in [0.1, 0.15) is 0 Å². The Hall–Kier alpha value is -2.90. The van der Waals surface area contributed by atoms with Crippen molar-refractivity contribution in [1.29, 1.82) is 0 Å². The molecule has 6 nitrogen and oxygen atoms in total. The van der Waals surface area contributed by atoms with E-state index >= 15 is 0 Å². The van der Waals surface area contributed by atoms with Gasteiger partial charge in [0.15, 0.2) is 0 Å². The second-order valence-electron chi connectivity index (χ2n) is 5.66. The Morgan fingerprint density at radius 1 is 1.04 bits per heavy atom. The number of anilines is 1. The number of halogens is 2. The Labute approximate surface area is 137 Å². The molecule has 0 unspecified atom stereocenters. The van der Waals surface area contributed by atoms with Crippen molar-refractivity contribution in [3.05, 3.63) is 54.2 Å². The zero-order valence-electron chi connectivity index (χ0n) is 13.1. The molecule has 124 valence electrons. The smallest absolute Gasteiger partial charge is 0.314 e. The molecule has 0 saturated carbocycles. The molecule has 2 heterocycles. The lowest BCUT2D eigenvalue weighted by molar-refractivity contribution is 0.116. The van der Waals surface area contributed by atoms with Gasteiger partial charge < -0.3 is 9.73 Å². The molecule has 0 aliphatic heterocycles. The van der Waals surface area contributed by atoms with Crippen molar-refractivity contribution >= 4 is 5.95 Å². The van der Waals surface area contributed by atoms with Crippen LogP contribution in [0.1, 0.15) is 31.7 Å². The van der Waals surface area contributed by atoms with Crippen molar-refractivity contribution in [2.45, 2.75) is 25.8 Å².